The monoisotopic (exact) mass is 641 g/mol. The number of likely N-dealkylation sites (tertiary alicyclic amines) is 1. The highest BCUT2D eigenvalue weighted by atomic mass is 19.3. The maximum absolute atomic E-state index is 13.8. The van der Waals surface area contributed by atoms with Crippen LogP contribution in [0.2, 0.25) is 0 Å². The van der Waals surface area contributed by atoms with Gasteiger partial charge in [0.2, 0.25) is 11.8 Å². The molecule has 1 aromatic heterocycles. The van der Waals surface area contributed by atoms with Crippen LogP contribution in [-0.4, -0.2) is 110 Å². The molecule has 46 heavy (non-hydrogen) atoms. The Hall–Kier alpha value is -4.87. The van der Waals surface area contributed by atoms with Crippen molar-refractivity contribution in [1.29, 1.82) is 5.26 Å². The van der Waals surface area contributed by atoms with Gasteiger partial charge in [0.15, 0.2) is 11.7 Å². The number of hydrogen-bond acceptors (Lipinski definition) is 8. The lowest BCUT2D eigenvalue weighted by atomic mass is 9.98. The van der Waals surface area contributed by atoms with Gasteiger partial charge >= 0.3 is 0 Å². The Bertz CT molecular complexity index is 1520. The molecule has 15 heteroatoms. The van der Waals surface area contributed by atoms with Gasteiger partial charge in [-0.25, -0.2) is 8.78 Å². The fourth-order valence-electron chi connectivity index (χ4n) is 4.98. The zero-order valence-electron chi connectivity index (χ0n) is 26.7. The number of aliphatic imine (C=N–C) groups is 1. The van der Waals surface area contributed by atoms with Crippen LogP contribution in [0.4, 0.5) is 14.5 Å². The molecule has 4 N–H and O–H groups in total. The summed E-state index contributed by atoms with van der Waals surface area (Å²) >= 11 is 0. The van der Waals surface area contributed by atoms with Crippen LogP contribution in [0.1, 0.15) is 43.5 Å². The second-order valence-electron chi connectivity index (χ2n) is 11.8. The van der Waals surface area contributed by atoms with E-state index in [0.717, 1.165) is 4.90 Å². The Morgan fingerprint density at radius 1 is 1.22 bits per heavy atom. The molecular weight excluding hydrogens is 600 g/mol. The van der Waals surface area contributed by atoms with Crippen LogP contribution >= 0.6 is 0 Å². The van der Waals surface area contributed by atoms with Crippen molar-refractivity contribution in [1.82, 2.24) is 25.4 Å². The quantitative estimate of drug-likeness (QED) is 0.166. The largest absolute Gasteiger partial charge is 0.370 e. The first-order valence-corrected chi connectivity index (χ1v) is 14.9. The Balaban J connectivity index is 1.67. The minimum atomic E-state index is -3.17. The highest BCUT2D eigenvalue weighted by Gasteiger charge is 2.47. The van der Waals surface area contributed by atoms with E-state index in [0.29, 0.717) is 41.9 Å². The molecule has 13 nitrogen and oxygen atoms in total. The number of nitriles is 1. The van der Waals surface area contributed by atoms with Crippen molar-refractivity contribution in [2.24, 2.45) is 16.6 Å². The smallest absolute Gasteiger partial charge is 0.268 e. The molecule has 0 saturated carbocycles. The maximum atomic E-state index is 13.8. The van der Waals surface area contributed by atoms with Crippen molar-refractivity contribution < 1.29 is 28.0 Å². The normalized spacial score (nSPS) is 16.5. The average molecular weight is 642 g/mol. The average Bonchev–Trinajstić information content (AvgIpc) is 3.34. The molecule has 1 fully saturated rings. The van der Waals surface area contributed by atoms with Crippen LogP contribution in [0.25, 0.3) is 10.9 Å². The number of rotatable bonds is 13. The third kappa shape index (κ3) is 9.32. The lowest BCUT2D eigenvalue weighted by Crippen LogP contribution is -2.46. The standard InChI is InChI=1S/C31H41F2N9O4/c1-19(2)28(45)25(7-6-11-37-30(35)40(3)4)39-26(43)17-41(5)20-8-9-24-23(13-20)22(10-12-36-24)29(46)38-16-27(44)42-18-31(32,33)14-21(42)15-34/h8-10,12-13,19,21,25H,6-7,11,14,16-18H2,1-5H3,(H2,35,37)(H,38,46)(H,39,43)/t21-,25-/m0/s1. The molecule has 248 valence electrons. The highest BCUT2D eigenvalue weighted by molar-refractivity contribution is 6.07. The minimum Gasteiger partial charge on any atom is -0.370 e. The number of anilines is 1. The van der Waals surface area contributed by atoms with E-state index in [2.05, 4.69) is 20.6 Å². The molecule has 1 aromatic carbocycles. The number of pyridine rings is 1. The molecule has 3 rings (SSSR count). The van der Waals surface area contributed by atoms with Crippen LogP contribution < -0.4 is 21.3 Å². The molecule has 0 aliphatic carbocycles. The number of guanidine groups is 1. The first-order valence-electron chi connectivity index (χ1n) is 14.9. The van der Waals surface area contributed by atoms with Crippen molar-refractivity contribution in [3.63, 3.8) is 0 Å². The summed E-state index contributed by atoms with van der Waals surface area (Å²) in [5.41, 5.74) is 7.06. The van der Waals surface area contributed by atoms with Gasteiger partial charge in [-0.2, -0.15) is 5.26 Å². The number of ketones is 1. The molecule has 0 bridgehead atoms. The number of likely N-dealkylation sites (N-methyl/N-ethyl adjacent to an activating group) is 1. The van der Waals surface area contributed by atoms with Crippen molar-refractivity contribution in [2.75, 3.05) is 52.2 Å². The molecule has 1 saturated heterocycles. The number of nitrogens with two attached hydrogens (primary N) is 1. The topological polar surface area (TPSA) is 177 Å². The van der Waals surface area contributed by atoms with E-state index in [1.807, 2.05) is 0 Å². The predicted molar refractivity (Wildman–Crippen MR) is 169 cm³/mol. The number of halogens is 2. The van der Waals surface area contributed by atoms with E-state index >= 15 is 0 Å². The van der Waals surface area contributed by atoms with Crippen LogP contribution in [-0.2, 0) is 14.4 Å². The van der Waals surface area contributed by atoms with Gasteiger partial charge in [0.1, 0.15) is 6.04 Å². The van der Waals surface area contributed by atoms with Gasteiger partial charge in [-0.05, 0) is 37.1 Å². The number of alkyl halides is 2. The number of fused-ring (bicyclic) bond motifs is 1. The molecule has 1 aliphatic rings. The van der Waals surface area contributed by atoms with Crippen molar-refractivity contribution in [3.8, 4) is 6.07 Å². The molecule has 2 aromatic rings. The number of aromatic nitrogens is 1. The van der Waals surface area contributed by atoms with Crippen LogP contribution in [0.5, 0.6) is 0 Å². The summed E-state index contributed by atoms with van der Waals surface area (Å²) in [6.07, 6.45) is 1.62. The van der Waals surface area contributed by atoms with Crippen LogP contribution in [0.3, 0.4) is 0 Å². The van der Waals surface area contributed by atoms with Gasteiger partial charge in [0, 0.05) is 57.3 Å². The SMILES string of the molecule is CC(C)C(=O)[C@H](CCCN=C(N)N(C)C)NC(=O)CN(C)c1ccc2nccc(C(=O)NCC(=O)N3CC(F)(F)C[C@H]3C#N)c2c1. The number of hydrogen-bond donors (Lipinski definition) is 3. The van der Waals surface area contributed by atoms with Crippen molar-refractivity contribution in [2.45, 2.75) is 51.1 Å². The zero-order valence-corrected chi connectivity index (χ0v) is 26.7. The summed E-state index contributed by atoms with van der Waals surface area (Å²) in [5, 5.41) is 14.9. The fourth-order valence-corrected chi connectivity index (χ4v) is 4.98. The second-order valence-corrected chi connectivity index (χ2v) is 11.8. The van der Waals surface area contributed by atoms with E-state index in [4.69, 9.17) is 11.0 Å². The van der Waals surface area contributed by atoms with Crippen LogP contribution in [0, 0.1) is 17.2 Å². The molecule has 0 unspecified atom stereocenters. The molecule has 0 radical (unpaired) electrons. The highest BCUT2D eigenvalue weighted by Crippen LogP contribution is 2.31. The first kappa shape index (κ1) is 35.6. The number of carbonyl (C=O) groups is 4. The van der Waals surface area contributed by atoms with Gasteiger partial charge < -0.3 is 31.1 Å². The van der Waals surface area contributed by atoms with Gasteiger partial charge in [-0.15, -0.1) is 0 Å². The molecule has 2 heterocycles. The Kier molecular flexibility index (Phi) is 11.9. The third-order valence-electron chi connectivity index (χ3n) is 7.56. The number of Topliss-reactive ketones (excluding diaryl/α,β-unsaturated/α-hetero) is 1. The van der Waals surface area contributed by atoms with Crippen molar-refractivity contribution >= 4 is 46.1 Å². The summed E-state index contributed by atoms with van der Waals surface area (Å²) in [4.78, 5) is 64.2. The molecule has 1 aliphatic heterocycles. The maximum Gasteiger partial charge on any atom is 0.268 e. The van der Waals surface area contributed by atoms with Gasteiger partial charge in [-0.3, -0.25) is 29.2 Å². The van der Waals surface area contributed by atoms with E-state index in [1.54, 1.807) is 69.1 Å². The van der Waals surface area contributed by atoms with E-state index < -0.39 is 49.3 Å². The van der Waals surface area contributed by atoms with E-state index in [9.17, 15) is 28.0 Å². The number of nitrogens with zero attached hydrogens (tertiary/aromatic N) is 6. The first-order chi connectivity index (χ1) is 21.6. The van der Waals surface area contributed by atoms with Gasteiger partial charge in [0.05, 0.1) is 42.8 Å². The fraction of sp³-hybridized carbons (Fsp3) is 0.516. The summed E-state index contributed by atoms with van der Waals surface area (Å²) in [6.45, 7) is 2.42. The summed E-state index contributed by atoms with van der Waals surface area (Å²) in [6, 6.07) is 6.28. The van der Waals surface area contributed by atoms with E-state index in [1.165, 1.54) is 12.3 Å². The Labute approximate surface area is 266 Å². The Morgan fingerprint density at radius 3 is 2.59 bits per heavy atom. The predicted octanol–water partition coefficient (Wildman–Crippen LogP) is 1.53. The summed E-state index contributed by atoms with van der Waals surface area (Å²) in [5.74, 6) is -4.96. The molecule has 2 atom stereocenters. The summed E-state index contributed by atoms with van der Waals surface area (Å²) < 4.78 is 27.5. The number of nitrogens with one attached hydrogen (secondary N) is 2. The van der Waals surface area contributed by atoms with Gasteiger partial charge in [-0.1, -0.05) is 13.8 Å². The van der Waals surface area contributed by atoms with Gasteiger partial charge in [0.25, 0.3) is 11.8 Å². The van der Waals surface area contributed by atoms with E-state index in [-0.39, 0.29) is 29.7 Å². The lowest BCUT2D eigenvalue weighted by Gasteiger charge is -2.23. The molecule has 0 spiro atoms. The molecule has 3 amide bonds. The minimum absolute atomic E-state index is 0.0874. The number of carbonyl (C=O) groups excluding carboxylic acids is 4. The Morgan fingerprint density at radius 2 is 1.93 bits per heavy atom. The second kappa shape index (κ2) is 15.4. The number of benzene rings is 1. The van der Waals surface area contributed by atoms with Crippen LogP contribution in [0.15, 0.2) is 35.5 Å². The summed E-state index contributed by atoms with van der Waals surface area (Å²) in [7, 11) is 5.24. The zero-order chi connectivity index (χ0) is 34.2. The lowest BCUT2D eigenvalue weighted by molar-refractivity contribution is -0.131. The molecular formula is C31H41F2N9O4. The third-order valence-corrected chi connectivity index (χ3v) is 7.56. The number of amides is 3. The van der Waals surface area contributed by atoms with Crippen molar-refractivity contribution in [3.05, 3.63) is 36.0 Å².